The summed E-state index contributed by atoms with van der Waals surface area (Å²) in [7, 11) is 0. The van der Waals surface area contributed by atoms with Crippen molar-refractivity contribution >= 4 is 0 Å². The molecule has 0 bridgehead atoms. The highest BCUT2D eigenvalue weighted by Gasteiger charge is 2.25. The minimum Gasteiger partial charge on any atom is -0.314 e. The van der Waals surface area contributed by atoms with Crippen LogP contribution in [0.15, 0.2) is 18.5 Å². The maximum Gasteiger partial charge on any atom is 0.141 e. The van der Waals surface area contributed by atoms with Crippen LogP contribution < -0.4 is 5.32 Å². The number of nitrogens with zero attached hydrogens (tertiary/aromatic N) is 1. The molecule has 1 fully saturated rings. The summed E-state index contributed by atoms with van der Waals surface area (Å²) in [5.41, 5.74) is 1.08. The minimum atomic E-state index is -0.211. The van der Waals surface area contributed by atoms with Crippen LogP contribution in [0.1, 0.15) is 57.4 Å². The predicted octanol–water partition coefficient (Wildman–Crippen LogP) is 3.88. The van der Waals surface area contributed by atoms with Gasteiger partial charge in [0.15, 0.2) is 0 Å². The van der Waals surface area contributed by atoms with Gasteiger partial charge in [0, 0.05) is 12.2 Å². The van der Waals surface area contributed by atoms with Crippen LogP contribution in [0.5, 0.6) is 0 Å². The van der Waals surface area contributed by atoms with Crippen molar-refractivity contribution in [1.82, 2.24) is 10.3 Å². The average molecular weight is 264 g/mol. The lowest BCUT2D eigenvalue weighted by atomic mass is 9.83. The van der Waals surface area contributed by atoms with Crippen LogP contribution in [0.2, 0.25) is 0 Å². The van der Waals surface area contributed by atoms with E-state index in [4.69, 9.17) is 0 Å². The monoisotopic (exact) mass is 264 g/mol. The molecule has 1 N–H and O–H groups in total. The van der Waals surface area contributed by atoms with Gasteiger partial charge in [-0.15, -0.1) is 0 Å². The van der Waals surface area contributed by atoms with E-state index in [1.807, 2.05) is 6.20 Å². The largest absolute Gasteiger partial charge is 0.314 e. The number of hydrogen-bond acceptors (Lipinski definition) is 2. The number of nitrogens with one attached hydrogen (secondary N) is 1. The zero-order valence-electron chi connectivity index (χ0n) is 12.0. The molecule has 0 radical (unpaired) electrons. The Bertz CT molecular complexity index is 392. The second-order valence-electron chi connectivity index (χ2n) is 6.00. The van der Waals surface area contributed by atoms with Crippen molar-refractivity contribution in [2.75, 3.05) is 6.54 Å². The lowest BCUT2D eigenvalue weighted by Crippen LogP contribution is -2.31. The zero-order chi connectivity index (χ0) is 13.7. The summed E-state index contributed by atoms with van der Waals surface area (Å²) >= 11 is 0. The second-order valence-corrected chi connectivity index (χ2v) is 6.00. The molecule has 2 unspecified atom stereocenters. The second kappa shape index (κ2) is 6.99. The third kappa shape index (κ3) is 4.27. The van der Waals surface area contributed by atoms with E-state index in [2.05, 4.69) is 24.1 Å². The van der Waals surface area contributed by atoms with Crippen LogP contribution in [0.4, 0.5) is 4.39 Å². The lowest BCUT2D eigenvalue weighted by Gasteiger charge is -2.26. The van der Waals surface area contributed by atoms with Crippen molar-refractivity contribution < 1.29 is 4.39 Å². The quantitative estimate of drug-likeness (QED) is 0.835. The SMILES string of the molecule is CC(C)NCC1CCCCCC1c1cncc(F)c1. The maximum absolute atomic E-state index is 13.4. The molecule has 2 atom stereocenters. The van der Waals surface area contributed by atoms with Gasteiger partial charge in [-0.25, -0.2) is 4.39 Å². The third-order valence-corrected chi connectivity index (χ3v) is 4.10. The van der Waals surface area contributed by atoms with Crippen molar-refractivity contribution in [1.29, 1.82) is 0 Å². The third-order valence-electron chi connectivity index (χ3n) is 4.10. The average Bonchev–Trinajstić information content (AvgIpc) is 2.61. The maximum atomic E-state index is 13.4. The Morgan fingerprint density at radius 2 is 2.05 bits per heavy atom. The molecule has 1 saturated carbocycles. The fourth-order valence-corrected chi connectivity index (χ4v) is 3.09. The first-order chi connectivity index (χ1) is 9.16. The van der Waals surface area contributed by atoms with E-state index < -0.39 is 0 Å². The number of aromatic nitrogens is 1. The number of rotatable bonds is 4. The molecular weight excluding hydrogens is 239 g/mol. The summed E-state index contributed by atoms with van der Waals surface area (Å²) in [5.74, 6) is 0.850. The highest BCUT2D eigenvalue weighted by Crippen LogP contribution is 2.36. The van der Waals surface area contributed by atoms with E-state index in [-0.39, 0.29) is 5.82 Å². The molecule has 0 spiro atoms. The highest BCUT2D eigenvalue weighted by atomic mass is 19.1. The molecule has 0 aliphatic heterocycles. The molecule has 3 heteroatoms. The predicted molar refractivity (Wildman–Crippen MR) is 76.6 cm³/mol. The molecule has 1 aromatic heterocycles. The van der Waals surface area contributed by atoms with Gasteiger partial charge >= 0.3 is 0 Å². The van der Waals surface area contributed by atoms with Crippen molar-refractivity contribution in [2.24, 2.45) is 5.92 Å². The Morgan fingerprint density at radius 1 is 1.26 bits per heavy atom. The van der Waals surface area contributed by atoms with Gasteiger partial charge in [0.05, 0.1) is 6.20 Å². The molecule has 0 aromatic carbocycles. The van der Waals surface area contributed by atoms with E-state index in [0.29, 0.717) is 17.9 Å². The van der Waals surface area contributed by atoms with Gasteiger partial charge in [-0.3, -0.25) is 4.98 Å². The van der Waals surface area contributed by atoms with Gasteiger partial charge in [-0.1, -0.05) is 33.1 Å². The molecular formula is C16H25FN2. The van der Waals surface area contributed by atoms with E-state index in [0.717, 1.165) is 18.5 Å². The summed E-state index contributed by atoms with van der Waals surface area (Å²) in [6.07, 6.45) is 9.39. The van der Waals surface area contributed by atoms with E-state index >= 15 is 0 Å². The van der Waals surface area contributed by atoms with Gasteiger partial charge in [0.25, 0.3) is 0 Å². The highest BCUT2D eigenvalue weighted by molar-refractivity contribution is 5.17. The minimum absolute atomic E-state index is 0.211. The van der Waals surface area contributed by atoms with Gasteiger partial charge in [0.2, 0.25) is 0 Å². The van der Waals surface area contributed by atoms with E-state index in [1.165, 1.54) is 31.9 Å². The smallest absolute Gasteiger partial charge is 0.141 e. The Morgan fingerprint density at radius 3 is 2.79 bits per heavy atom. The molecule has 1 aliphatic rings. The number of halogens is 1. The van der Waals surface area contributed by atoms with Gasteiger partial charge in [-0.2, -0.15) is 0 Å². The first kappa shape index (κ1) is 14.4. The molecule has 106 valence electrons. The summed E-state index contributed by atoms with van der Waals surface area (Å²) in [6, 6.07) is 2.18. The van der Waals surface area contributed by atoms with Crippen LogP contribution >= 0.6 is 0 Å². The molecule has 1 heterocycles. The van der Waals surface area contributed by atoms with E-state index in [9.17, 15) is 4.39 Å². The van der Waals surface area contributed by atoms with Crippen molar-refractivity contribution in [2.45, 2.75) is 57.9 Å². The summed E-state index contributed by atoms with van der Waals surface area (Å²) in [5, 5.41) is 3.54. The van der Waals surface area contributed by atoms with Crippen LogP contribution in [-0.4, -0.2) is 17.6 Å². The van der Waals surface area contributed by atoms with Crippen molar-refractivity contribution in [3.05, 3.63) is 29.8 Å². The van der Waals surface area contributed by atoms with Crippen LogP contribution in [0.25, 0.3) is 0 Å². The number of hydrogen-bond donors (Lipinski definition) is 1. The molecule has 1 aliphatic carbocycles. The van der Waals surface area contributed by atoms with Gasteiger partial charge in [-0.05, 0) is 42.9 Å². The van der Waals surface area contributed by atoms with E-state index in [1.54, 1.807) is 6.07 Å². The summed E-state index contributed by atoms with van der Waals surface area (Å²) < 4.78 is 13.4. The van der Waals surface area contributed by atoms with Crippen molar-refractivity contribution in [3.63, 3.8) is 0 Å². The van der Waals surface area contributed by atoms with Crippen LogP contribution in [0.3, 0.4) is 0 Å². The normalized spacial score (nSPS) is 24.4. The first-order valence-electron chi connectivity index (χ1n) is 7.50. The molecule has 19 heavy (non-hydrogen) atoms. The zero-order valence-corrected chi connectivity index (χ0v) is 12.0. The Hall–Kier alpha value is -0.960. The van der Waals surface area contributed by atoms with Gasteiger partial charge < -0.3 is 5.32 Å². The fraction of sp³-hybridized carbons (Fsp3) is 0.688. The molecule has 2 rings (SSSR count). The van der Waals surface area contributed by atoms with Crippen LogP contribution in [0, 0.1) is 11.7 Å². The topological polar surface area (TPSA) is 24.9 Å². The van der Waals surface area contributed by atoms with Crippen LogP contribution in [-0.2, 0) is 0 Å². The van der Waals surface area contributed by atoms with Gasteiger partial charge in [0.1, 0.15) is 5.82 Å². The standard InChI is InChI=1S/C16H25FN2/c1-12(2)19-10-13-6-4-3-5-7-16(13)14-8-15(17)11-18-9-14/h8-9,11-13,16,19H,3-7,10H2,1-2H3. The lowest BCUT2D eigenvalue weighted by molar-refractivity contribution is 0.361. The summed E-state index contributed by atoms with van der Waals surface area (Å²) in [6.45, 7) is 5.38. The number of pyridine rings is 1. The Balaban J connectivity index is 2.12. The molecule has 0 amide bonds. The molecule has 2 nitrogen and oxygen atoms in total. The Kier molecular flexibility index (Phi) is 5.32. The van der Waals surface area contributed by atoms with Crippen molar-refractivity contribution in [3.8, 4) is 0 Å². The first-order valence-corrected chi connectivity index (χ1v) is 7.50. The molecule has 1 aromatic rings. The molecule has 0 saturated heterocycles. The summed E-state index contributed by atoms with van der Waals surface area (Å²) in [4.78, 5) is 4.02. The Labute approximate surface area is 115 Å². The fourth-order valence-electron chi connectivity index (χ4n) is 3.09.